The van der Waals surface area contributed by atoms with E-state index in [0.717, 1.165) is 32.2 Å². The van der Waals surface area contributed by atoms with Gasteiger partial charge < -0.3 is 5.73 Å². The van der Waals surface area contributed by atoms with Crippen LogP contribution >= 0.6 is 11.6 Å². The van der Waals surface area contributed by atoms with Crippen LogP contribution in [0.15, 0.2) is 29.2 Å². The molecular formula is C14H21ClN2O2S. The zero-order valence-electron chi connectivity index (χ0n) is 11.4. The van der Waals surface area contributed by atoms with E-state index in [1.54, 1.807) is 12.1 Å². The van der Waals surface area contributed by atoms with Gasteiger partial charge in [-0.3, -0.25) is 0 Å². The molecule has 0 aromatic heterocycles. The maximum Gasteiger partial charge on any atom is 0.240 e. The minimum absolute atomic E-state index is 0.262. The molecule has 2 rings (SSSR count). The van der Waals surface area contributed by atoms with E-state index in [-0.39, 0.29) is 4.90 Å². The smallest absolute Gasteiger partial charge is 0.240 e. The van der Waals surface area contributed by atoms with Crippen molar-refractivity contribution in [3.63, 3.8) is 0 Å². The monoisotopic (exact) mass is 316 g/mol. The number of hydrogen-bond donors (Lipinski definition) is 2. The Bertz CT molecular complexity index is 523. The highest BCUT2D eigenvalue weighted by Crippen LogP contribution is 2.27. The third-order valence-electron chi connectivity index (χ3n) is 3.99. The lowest BCUT2D eigenvalue weighted by Gasteiger charge is -2.27. The Hall–Kier alpha value is -0.620. The molecule has 112 valence electrons. The van der Waals surface area contributed by atoms with Crippen LogP contribution in [0.2, 0.25) is 5.02 Å². The van der Waals surface area contributed by atoms with Crippen molar-refractivity contribution >= 4 is 21.6 Å². The second-order valence-electron chi connectivity index (χ2n) is 5.43. The first-order valence-electron chi connectivity index (χ1n) is 6.96. The molecule has 0 atom stereocenters. The molecule has 0 bridgehead atoms. The molecule has 3 N–H and O–H groups in total. The number of hydrogen-bond acceptors (Lipinski definition) is 3. The minimum Gasteiger partial charge on any atom is -0.330 e. The molecule has 0 amide bonds. The van der Waals surface area contributed by atoms with Gasteiger partial charge in [-0.2, -0.15) is 0 Å². The number of nitrogens with two attached hydrogens (primary N) is 1. The third kappa shape index (κ3) is 4.19. The van der Waals surface area contributed by atoms with Crippen molar-refractivity contribution in [2.75, 3.05) is 13.1 Å². The van der Waals surface area contributed by atoms with Gasteiger partial charge in [0.1, 0.15) is 0 Å². The highest BCUT2D eigenvalue weighted by molar-refractivity contribution is 7.89. The summed E-state index contributed by atoms with van der Waals surface area (Å²) in [5.41, 5.74) is 5.66. The summed E-state index contributed by atoms with van der Waals surface area (Å²) < 4.78 is 27.0. The molecule has 1 aromatic rings. The number of sulfonamides is 1. The van der Waals surface area contributed by atoms with Crippen LogP contribution in [0.4, 0.5) is 0 Å². The normalized spacial score (nSPS) is 23.7. The summed E-state index contributed by atoms with van der Waals surface area (Å²) >= 11 is 5.76. The van der Waals surface area contributed by atoms with E-state index < -0.39 is 10.0 Å². The van der Waals surface area contributed by atoms with E-state index in [4.69, 9.17) is 17.3 Å². The lowest BCUT2D eigenvalue weighted by molar-refractivity contribution is 0.280. The average Bonchev–Trinajstić information content (AvgIpc) is 2.46. The lowest BCUT2D eigenvalue weighted by atomic mass is 9.82. The van der Waals surface area contributed by atoms with E-state index in [9.17, 15) is 8.42 Å². The predicted molar refractivity (Wildman–Crippen MR) is 81.1 cm³/mol. The fourth-order valence-corrected chi connectivity index (χ4v) is 3.84. The van der Waals surface area contributed by atoms with Crippen molar-refractivity contribution in [3.8, 4) is 0 Å². The first kappa shape index (κ1) is 15.8. The molecule has 6 heteroatoms. The number of nitrogens with one attached hydrogen (secondary N) is 1. The van der Waals surface area contributed by atoms with Gasteiger partial charge in [-0.1, -0.05) is 11.6 Å². The van der Waals surface area contributed by atoms with Gasteiger partial charge in [0.2, 0.25) is 10.0 Å². The molecule has 1 aliphatic carbocycles. The Balaban J connectivity index is 1.88. The Morgan fingerprint density at radius 1 is 1.10 bits per heavy atom. The van der Waals surface area contributed by atoms with Crippen molar-refractivity contribution in [1.82, 2.24) is 4.72 Å². The standard InChI is InChI=1S/C14H21ClN2O2S/c15-13-5-7-14(8-6-13)20(18,19)17-10-12-3-1-11(9-16)2-4-12/h5-8,11-12,17H,1-4,9-10,16H2/t11-,12-. The molecule has 20 heavy (non-hydrogen) atoms. The topological polar surface area (TPSA) is 72.2 Å². The van der Waals surface area contributed by atoms with E-state index in [0.29, 0.717) is 23.4 Å². The summed E-state index contributed by atoms with van der Waals surface area (Å²) in [5.74, 6) is 1.03. The van der Waals surface area contributed by atoms with Gasteiger partial charge in [-0.15, -0.1) is 0 Å². The average molecular weight is 317 g/mol. The van der Waals surface area contributed by atoms with Crippen molar-refractivity contribution in [2.45, 2.75) is 30.6 Å². The van der Waals surface area contributed by atoms with Crippen LogP contribution < -0.4 is 10.5 Å². The van der Waals surface area contributed by atoms with Crippen molar-refractivity contribution < 1.29 is 8.42 Å². The van der Waals surface area contributed by atoms with Gasteiger partial charge >= 0.3 is 0 Å². The molecular weight excluding hydrogens is 296 g/mol. The Labute approximate surface area is 125 Å². The van der Waals surface area contributed by atoms with Gasteiger partial charge in [-0.05, 0) is 68.3 Å². The molecule has 1 aromatic carbocycles. The molecule has 0 spiro atoms. The van der Waals surface area contributed by atoms with Crippen LogP contribution in [-0.4, -0.2) is 21.5 Å². The highest BCUT2D eigenvalue weighted by Gasteiger charge is 2.22. The molecule has 0 saturated heterocycles. The van der Waals surface area contributed by atoms with Crippen molar-refractivity contribution in [2.24, 2.45) is 17.6 Å². The van der Waals surface area contributed by atoms with Gasteiger partial charge in [0.05, 0.1) is 4.90 Å². The first-order valence-corrected chi connectivity index (χ1v) is 8.82. The third-order valence-corrected chi connectivity index (χ3v) is 5.68. The Morgan fingerprint density at radius 3 is 2.20 bits per heavy atom. The minimum atomic E-state index is -3.43. The maximum absolute atomic E-state index is 12.1. The molecule has 4 nitrogen and oxygen atoms in total. The molecule has 1 fully saturated rings. The van der Waals surface area contributed by atoms with Gasteiger partial charge in [0.15, 0.2) is 0 Å². The van der Waals surface area contributed by atoms with Crippen LogP contribution in [0.5, 0.6) is 0 Å². The van der Waals surface area contributed by atoms with E-state index >= 15 is 0 Å². The van der Waals surface area contributed by atoms with Crippen LogP contribution in [0, 0.1) is 11.8 Å². The number of rotatable bonds is 5. The van der Waals surface area contributed by atoms with Gasteiger partial charge in [-0.25, -0.2) is 13.1 Å². The lowest BCUT2D eigenvalue weighted by Crippen LogP contribution is -2.32. The summed E-state index contributed by atoms with van der Waals surface area (Å²) in [5, 5.41) is 0.532. The highest BCUT2D eigenvalue weighted by atomic mass is 35.5. The maximum atomic E-state index is 12.1. The van der Waals surface area contributed by atoms with E-state index in [2.05, 4.69) is 4.72 Å². The quantitative estimate of drug-likeness (QED) is 0.876. The molecule has 0 radical (unpaired) electrons. The predicted octanol–water partition coefficient (Wildman–Crippen LogP) is 2.38. The SMILES string of the molecule is NC[C@H]1CC[C@H](CNS(=O)(=O)c2ccc(Cl)cc2)CC1. The zero-order valence-corrected chi connectivity index (χ0v) is 13.0. The fourth-order valence-electron chi connectivity index (χ4n) is 2.60. The van der Waals surface area contributed by atoms with Crippen LogP contribution in [0.25, 0.3) is 0 Å². The second kappa shape index (κ2) is 6.89. The second-order valence-corrected chi connectivity index (χ2v) is 7.63. The van der Waals surface area contributed by atoms with Gasteiger partial charge in [0, 0.05) is 11.6 Å². The summed E-state index contributed by atoms with van der Waals surface area (Å²) in [6.45, 7) is 1.24. The van der Waals surface area contributed by atoms with Crippen molar-refractivity contribution in [3.05, 3.63) is 29.3 Å². The molecule has 0 unspecified atom stereocenters. The van der Waals surface area contributed by atoms with Crippen LogP contribution in [-0.2, 0) is 10.0 Å². The number of benzene rings is 1. The van der Waals surface area contributed by atoms with Gasteiger partial charge in [0.25, 0.3) is 0 Å². The fraction of sp³-hybridized carbons (Fsp3) is 0.571. The summed E-state index contributed by atoms with van der Waals surface area (Å²) in [7, 11) is -3.43. The molecule has 1 saturated carbocycles. The summed E-state index contributed by atoms with van der Waals surface area (Å²) in [6, 6.07) is 6.22. The zero-order chi connectivity index (χ0) is 14.6. The summed E-state index contributed by atoms with van der Waals surface area (Å²) in [4.78, 5) is 0.262. The van der Waals surface area contributed by atoms with E-state index in [1.807, 2.05) is 0 Å². The van der Waals surface area contributed by atoms with Crippen LogP contribution in [0.1, 0.15) is 25.7 Å². The summed E-state index contributed by atoms with van der Waals surface area (Å²) in [6.07, 6.45) is 4.30. The Morgan fingerprint density at radius 2 is 1.65 bits per heavy atom. The first-order chi connectivity index (χ1) is 9.51. The molecule has 0 aliphatic heterocycles. The van der Waals surface area contributed by atoms with Crippen molar-refractivity contribution in [1.29, 1.82) is 0 Å². The molecule has 0 heterocycles. The number of halogens is 1. The van der Waals surface area contributed by atoms with E-state index in [1.165, 1.54) is 12.1 Å². The largest absolute Gasteiger partial charge is 0.330 e. The Kier molecular flexibility index (Phi) is 5.43. The molecule has 1 aliphatic rings. The van der Waals surface area contributed by atoms with Crippen LogP contribution in [0.3, 0.4) is 0 Å².